The number of hydrogen-bond donors (Lipinski definition) is 2. The number of carbonyl (C=O) groups excluding carboxylic acids is 1. The lowest BCUT2D eigenvalue weighted by molar-refractivity contribution is 0.240. The van der Waals surface area contributed by atoms with E-state index in [0.29, 0.717) is 19.0 Å². The predicted octanol–water partition coefficient (Wildman–Crippen LogP) is 4.28. The minimum Gasteiger partial charge on any atom is -0.338 e. The maximum absolute atomic E-state index is 11.6. The zero-order chi connectivity index (χ0) is 16.2. The van der Waals surface area contributed by atoms with Gasteiger partial charge >= 0.3 is 6.03 Å². The average Bonchev–Trinajstić information content (AvgIpc) is 2.92. The van der Waals surface area contributed by atoms with E-state index in [1.165, 1.54) is 5.57 Å². The smallest absolute Gasteiger partial charge is 0.314 e. The zero-order valence-corrected chi connectivity index (χ0v) is 13.6. The highest BCUT2D eigenvalue weighted by molar-refractivity contribution is 5.73. The van der Waals surface area contributed by atoms with Gasteiger partial charge in [-0.2, -0.15) is 0 Å². The molecule has 1 aliphatic carbocycles. The molecule has 120 valence electrons. The molecule has 1 aliphatic rings. The first-order valence-electron chi connectivity index (χ1n) is 8.00. The molecule has 0 saturated heterocycles. The Kier molecular flexibility index (Phi) is 8.73. The van der Waals surface area contributed by atoms with Crippen LogP contribution in [0.15, 0.2) is 60.8 Å². The highest BCUT2D eigenvalue weighted by atomic mass is 16.2. The molecule has 0 aromatic rings. The maximum atomic E-state index is 11.6. The fourth-order valence-electron chi connectivity index (χ4n) is 2.35. The lowest BCUT2D eigenvalue weighted by Gasteiger charge is -2.08. The molecule has 0 aromatic carbocycles. The molecule has 0 aromatic heterocycles. The van der Waals surface area contributed by atoms with Gasteiger partial charge in [-0.3, -0.25) is 0 Å². The molecular formula is C19H28N2O. The van der Waals surface area contributed by atoms with Crippen LogP contribution in [-0.4, -0.2) is 19.1 Å². The number of nitrogens with one attached hydrogen (secondary N) is 2. The Morgan fingerprint density at radius 3 is 2.59 bits per heavy atom. The van der Waals surface area contributed by atoms with E-state index >= 15 is 0 Å². The van der Waals surface area contributed by atoms with Crippen LogP contribution in [0.25, 0.3) is 0 Å². The monoisotopic (exact) mass is 300 g/mol. The molecular weight excluding hydrogens is 272 g/mol. The summed E-state index contributed by atoms with van der Waals surface area (Å²) in [6.07, 6.45) is 16.0. The lowest BCUT2D eigenvalue weighted by Crippen LogP contribution is -2.36. The van der Waals surface area contributed by atoms with Gasteiger partial charge in [0.25, 0.3) is 0 Å². The third-order valence-electron chi connectivity index (χ3n) is 3.54. The Labute approximate surface area is 134 Å². The van der Waals surface area contributed by atoms with Crippen molar-refractivity contribution in [1.82, 2.24) is 10.6 Å². The molecule has 2 amide bonds. The van der Waals surface area contributed by atoms with Gasteiger partial charge in [0.15, 0.2) is 0 Å². The molecule has 1 atom stereocenters. The van der Waals surface area contributed by atoms with Crippen LogP contribution in [0.4, 0.5) is 4.79 Å². The summed E-state index contributed by atoms with van der Waals surface area (Å²) in [5.74, 6) is 0.557. The SMILES string of the molecule is C=C/C=C(\C=C)CCCNC(=O)NCCCC1=CC(C)C=C1. The second-order valence-corrected chi connectivity index (χ2v) is 5.53. The normalized spacial score (nSPS) is 17.0. The second-order valence-electron chi connectivity index (χ2n) is 5.53. The fourth-order valence-corrected chi connectivity index (χ4v) is 2.35. The van der Waals surface area contributed by atoms with E-state index in [-0.39, 0.29) is 6.03 Å². The summed E-state index contributed by atoms with van der Waals surface area (Å²) < 4.78 is 0. The zero-order valence-electron chi connectivity index (χ0n) is 13.6. The summed E-state index contributed by atoms with van der Waals surface area (Å²) >= 11 is 0. The largest absolute Gasteiger partial charge is 0.338 e. The van der Waals surface area contributed by atoms with Crippen LogP contribution in [0, 0.1) is 5.92 Å². The Hall–Kier alpha value is -2.03. The second kappa shape index (κ2) is 10.7. The van der Waals surface area contributed by atoms with Crippen LogP contribution in [0.3, 0.4) is 0 Å². The van der Waals surface area contributed by atoms with Crippen LogP contribution in [0.2, 0.25) is 0 Å². The first-order chi connectivity index (χ1) is 10.7. The van der Waals surface area contributed by atoms with E-state index in [1.54, 1.807) is 6.08 Å². The van der Waals surface area contributed by atoms with Crippen molar-refractivity contribution in [2.24, 2.45) is 5.92 Å². The van der Waals surface area contributed by atoms with Gasteiger partial charge in [-0.05, 0) is 37.2 Å². The molecule has 1 rings (SSSR count). The highest BCUT2D eigenvalue weighted by Crippen LogP contribution is 2.18. The summed E-state index contributed by atoms with van der Waals surface area (Å²) in [7, 11) is 0. The lowest BCUT2D eigenvalue weighted by atomic mass is 10.1. The van der Waals surface area contributed by atoms with Gasteiger partial charge in [-0.1, -0.05) is 62.1 Å². The molecule has 0 saturated carbocycles. The Balaban J connectivity index is 2.03. The number of allylic oxidation sites excluding steroid dienone is 8. The first-order valence-corrected chi connectivity index (χ1v) is 8.00. The molecule has 0 bridgehead atoms. The van der Waals surface area contributed by atoms with Crippen LogP contribution in [0.5, 0.6) is 0 Å². The molecule has 22 heavy (non-hydrogen) atoms. The van der Waals surface area contributed by atoms with E-state index in [1.807, 2.05) is 12.2 Å². The standard InChI is InChI=1S/C19H28N2O/c1-4-8-17(5-2)9-6-13-20-19(22)21-14-7-10-18-12-11-16(3)15-18/h4-5,8,11-12,15-16H,1-2,6-7,9-10,13-14H2,3H3,(H2,20,21,22)/b17-8+. The third-order valence-corrected chi connectivity index (χ3v) is 3.54. The summed E-state index contributed by atoms with van der Waals surface area (Å²) in [6, 6.07) is -0.0860. The van der Waals surface area contributed by atoms with Crippen molar-refractivity contribution in [3.8, 4) is 0 Å². The van der Waals surface area contributed by atoms with Crippen molar-refractivity contribution in [3.05, 3.63) is 60.8 Å². The van der Waals surface area contributed by atoms with Crippen molar-refractivity contribution in [2.45, 2.75) is 32.6 Å². The van der Waals surface area contributed by atoms with E-state index in [2.05, 4.69) is 48.9 Å². The minimum absolute atomic E-state index is 0.0860. The highest BCUT2D eigenvalue weighted by Gasteiger charge is 2.04. The predicted molar refractivity (Wildman–Crippen MR) is 94.7 cm³/mol. The van der Waals surface area contributed by atoms with Crippen molar-refractivity contribution in [2.75, 3.05) is 13.1 Å². The number of rotatable bonds is 10. The Morgan fingerprint density at radius 1 is 1.27 bits per heavy atom. The van der Waals surface area contributed by atoms with Crippen molar-refractivity contribution in [1.29, 1.82) is 0 Å². The quantitative estimate of drug-likeness (QED) is 0.459. The van der Waals surface area contributed by atoms with Crippen LogP contribution in [0.1, 0.15) is 32.6 Å². The average molecular weight is 300 g/mol. The fraction of sp³-hybridized carbons (Fsp3) is 0.421. The van der Waals surface area contributed by atoms with Gasteiger partial charge in [0.05, 0.1) is 0 Å². The van der Waals surface area contributed by atoms with Crippen LogP contribution >= 0.6 is 0 Å². The van der Waals surface area contributed by atoms with Gasteiger partial charge in [0.2, 0.25) is 0 Å². The van der Waals surface area contributed by atoms with Gasteiger partial charge in [0, 0.05) is 13.1 Å². The molecule has 0 radical (unpaired) electrons. The van der Waals surface area contributed by atoms with E-state index in [9.17, 15) is 4.79 Å². The summed E-state index contributed by atoms with van der Waals surface area (Å²) in [6.45, 7) is 11.0. The van der Waals surface area contributed by atoms with Crippen molar-refractivity contribution in [3.63, 3.8) is 0 Å². The summed E-state index contributed by atoms with van der Waals surface area (Å²) in [4.78, 5) is 11.6. The van der Waals surface area contributed by atoms with Gasteiger partial charge in [0.1, 0.15) is 0 Å². The van der Waals surface area contributed by atoms with Gasteiger partial charge < -0.3 is 10.6 Å². The molecule has 1 unspecified atom stereocenters. The molecule has 2 N–H and O–H groups in total. The number of carbonyl (C=O) groups is 1. The number of urea groups is 1. The van der Waals surface area contributed by atoms with Crippen LogP contribution in [-0.2, 0) is 0 Å². The third kappa shape index (κ3) is 7.67. The number of amides is 2. The minimum atomic E-state index is -0.0860. The van der Waals surface area contributed by atoms with E-state index in [4.69, 9.17) is 0 Å². The molecule has 0 heterocycles. The molecule has 0 spiro atoms. The summed E-state index contributed by atoms with van der Waals surface area (Å²) in [5.41, 5.74) is 2.52. The molecule has 0 fully saturated rings. The van der Waals surface area contributed by atoms with Gasteiger partial charge in [-0.15, -0.1) is 0 Å². The molecule has 3 nitrogen and oxygen atoms in total. The molecule has 0 aliphatic heterocycles. The summed E-state index contributed by atoms with van der Waals surface area (Å²) in [5, 5.41) is 5.77. The first kappa shape index (κ1) is 18.0. The van der Waals surface area contributed by atoms with E-state index < -0.39 is 0 Å². The topological polar surface area (TPSA) is 41.1 Å². The molecule has 3 heteroatoms. The van der Waals surface area contributed by atoms with Gasteiger partial charge in [-0.25, -0.2) is 4.79 Å². The van der Waals surface area contributed by atoms with Crippen molar-refractivity contribution < 1.29 is 4.79 Å². The van der Waals surface area contributed by atoms with E-state index in [0.717, 1.165) is 31.3 Å². The maximum Gasteiger partial charge on any atom is 0.314 e. The van der Waals surface area contributed by atoms with Crippen LogP contribution < -0.4 is 10.6 Å². The number of hydrogen-bond acceptors (Lipinski definition) is 1. The Morgan fingerprint density at radius 2 is 2.00 bits per heavy atom. The van der Waals surface area contributed by atoms with Crippen molar-refractivity contribution >= 4 is 6.03 Å². The Bertz CT molecular complexity index is 472.